The van der Waals surface area contributed by atoms with E-state index in [0.29, 0.717) is 19.6 Å². The van der Waals surface area contributed by atoms with Crippen molar-refractivity contribution >= 4 is 36.4 Å². The number of aromatic nitrogens is 3. The second-order valence-corrected chi connectivity index (χ2v) is 5.21. The molecule has 0 aromatic carbocycles. The fraction of sp³-hybridized carbons (Fsp3) is 0.500. The van der Waals surface area contributed by atoms with Gasteiger partial charge in [0.1, 0.15) is 0 Å². The molecule has 3 rings (SSSR count). The highest BCUT2D eigenvalue weighted by molar-refractivity contribution is 5.85. The van der Waals surface area contributed by atoms with Crippen molar-refractivity contribution in [2.45, 2.75) is 25.4 Å². The minimum Gasteiger partial charge on any atom is -0.378 e. The third-order valence-electron chi connectivity index (χ3n) is 3.54. The maximum absolute atomic E-state index is 12.1. The maximum atomic E-state index is 12.1. The van der Waals surface area contributed by atoms with Gasteiger partial charge in [-0.15, -0.1) is 35.0 Å². The number of nitrogens with one attached hydrogen (secondary N) is 2. The molecule has 1 amide bonds. The van der Waals surface area contributed by atoms with Crippen molar-refractivity contribution in [3.8, 4) is 0 Å². The Bertz CT molecular complexity index is 630. The van der Waals surface area contributed by atoms with Crippen LogP contribution in [-0.2, 0) is 9.53 Å². The van der Waals surface area contributed by atoms with Crippen LogP contribution < -0.4 is 10.6 Å². The second-order valence-electron chi connectivity index (χ2n) is 5.21. The lowest BCUT2D eigenvalue weighted by Crippen LogP contribution is -2.44. The van der Waals surface area contributed by atoms with Gasteiger partial charge in [0, 0.05) is 25.2 Å². The maximum Gasteiger partial charge on any atom is 0.222 e. The van der Waals surface area contributed by atoms with Gasteiger partial charge in [0.05, 0.1) is 19.3 Å². The number of pyridine rings is 1. The Morgan fingerprint density at radius 3 is 3.04 bits per heavy atom. The van der Waals surface area contributed by atoms with E-state index in [1.165, 1.54) is 0 Å². The smallest absolute Gasteiger partial charge is 0.222 e. The summed E-state index contributed by atoms with van der Waals surface area (Å²) in [6.45, 7) is 3.99. The number of morpholine rings is 1. The van der Waals surface area contributed by atoms with E-state index in [1.807, 2.05) is 35.7 Å². The first-order chi connectivity index (χ1) is 10.2. The number of hydrogen-bond acceptors (Lipinski definition) is 5. The number of carbonyl (C=O) groups excluding carboxylic acids is 1. The molecule has 2 N–H and O–H groups in total. The van der Waals surface area contributed by atoms with E-state index in [-0.39, 0.29) is 42.8 Å². The van der Waals surface area contributed by atoms with E-state index in [4.69, 9.17) is 4.74 Å². The molecule has 0 bridgehead atoms. The van der Waals surface area contributed by atoms with Gasteiger partial charge in [0.25, 0.3) is 0 Å². The zero-order valence-corrected chi connectivity index (χ0v) is 14.4. The predicted molar refractivity (Wildman–Crippen MR) is 91.3 cm³/mol. The molecule has 3 heterocycles. The van der Waals surface area contributed by atoms with Crippen molar-refractivity contribution < 1.29 is 9.53 Å². The molecule has 2 unspecified atom stereocenters. The molecule has 1 saturated heterocycles. The van der Waals surface area contributed by atoms with E-state index < -0.39 is 0 Å². The molecule has 128 valence electrons. The first-order valence-corrected chi connectivity index (χ1v) is 7.14. The van der Waals surface area contributed by atoms with Gasteiger partial charge in [-0.05, 0) is 19.1 Å². The average molecular weight is 362 g/mol. The molecule has 1 aliphatic heterocycles. The van der Waals surface area contributed by atoms with Gasteiger partial charge in [0.15, 0.2) is 11.5 Å². The summed E-state index contributed by atoms with van der Waals surface area (Å²) in [6.07, 6.45) is 2.30. The van der Waals surface area contributed by atoms with Crippen LogP contribution in [0.3, 0.4) is 0 Å². The van der Waals surface area contributed by atoms with Crippen LogP contribution in [-0.4, -0.2) is 46.3 Å². The van der Waals surface area contributed by atoms with Crippen molar-refractivity contribution in [2.24, 2.45) is 0 Å². The summed E-state index contributed by atoms with van der Waals surface area (Å²) in [5.41, 5.74) is 0.774. The zero-order valence-electron chi connectivity index (χ0n) is 12.8. The summed E-state index contributed by atoms with van der Waals surface area (Å²) in [4.78, 5) is 12.1. The van der Waals surface area contributed by atoms with Crippen LogP contribution >= 0.6 is 24.8 Å². The van der Waals surface area contributed by atoms with Crippen LogP contribution in [0.2, 0.25) is 0 Å². The zero-order chi connectivity index (χ0) is 14.7. The van der Waals surface area contributed by atoms with Gasteiger partial charge in [-0.3, -0.25) is 9.20 Å². The lowest BCUT2D eigenvalue weighted by molar-refractivity contribution is -0.123. The van der Waals surface area contributed by atoms with Crippen molar-refractivity contribution in [2.75, 3.05) is 19.8 Å². The van der Waals surface area contributed by atoms with Crippen molar-refractivity contribution in [3.05, 3.63) is 30.2 Å². The number of hydrogen-bond donors (Lipinski definition) is 2. The molecule has 2 aromatic heterocycles. The number of halogens is 2. The van der Waals surface area contributed by atoms with Crippen LogP contribution in [0.25, 0.3) is 5.65 Å². The topological polar surface area (TPSA) is 80.5 Å². The molecule has 23 heavy (non-hydrogen) atoms. The normalized spacial score (nSPS) is 18.6. The number of carbonyl (C=O) groups is 1. The predicted octanol–water partition coefficient (Wildman–Crippen LogP) is 1.13. The Morgan fingerprint density at radius 2 is 2.30 bits per heavy atom. The standard InChI is InChI=1S/C14H19N5O2.2ClH/c1-10(14-18-17-12-4-2-3-6-19(12)14)16-13(20)8-11-9-21-7-5-15-11;;/h2-4,6,10-11,15H,5,7-9H2,1H3,(H,16,20);2*1H. The van der Waals surface area contributed by atoms with E-state index in [2.05, 4.69) is 20.8 Å². The SMILES string of the molecule is CC(NC(=O)CC1COCCN1)c1nnc2ccccn12.Cl.Cl. The lowest BCUT2D eigenvalue weighted by Gasteiger charge is -2.23. The Morgan fingerprint density at radius 1 is 1.48 bits per heavy atom. The number of amides is 1. The molecule has 0 spiro atoms. The molecular weight excluding hydrogens is 341 g/mol. The summed E-state index contributed by atoms with van der Waals surface area (Å²) in [5.74, 6) is 0.713. The monoisotopic (exact) mass is 361 g/mol. The highest BCUT2D eigenvalue weighted by atomic mass is 35.5. The van der Waals surface area contributed by atoms with Crippen LogP contribution in [0.15, 0.2) is 24.4 Å². The van der Waals surface area contributed by atoms with Crippen LogP contribution in [0.4, 0.5) is 0 Å². The summed E-state index contributed by atoms with van der Waals surface area (Å²) in [6, 6.07) is 5.60. The van der Waals surface area contributed by atoms with E-state index in [9.17, 15) is 4.79 Å². The first-order valence-electron chi connectivity index (χ1n) is 7.14. The molecule has 0 aliphatic carbocycles. The Labute approximate surface area is 147 Å². The highest BCUT2D eigenvalue weighted by Gasteiger charge is 2.20. The summed E-state index contributed by atoms with van der Waals surface area (Å²) in [5, 5.41) is 14.5. The molecule has 1 fully saturated rings. The minimum atomic E-state index is -0.195. The van der Waals surface area contributed by atoms with Crippen LogP contribution in [0, 0.1) is 0 Å². The molecule has 7 nitrogen and oxygen atoms in total. The first kappa shape index (κ1) is 19.6. The number of rotatable bonds is 4. The molecule has 2 aromatic rings. The third kappa shape index (κ3) is 4.78. The Hall–Kier alpha value is -1.41. The van der Waals surface area contributed by atoms with Crippen molar-refractivity contribution in [1.82, 2.24) is 25.2 Å². The Kier molecular flexibility index (Phi) is 7.70. The average Bonchev–Trinajstić information content (AvgIpc) is 2.92. The lowest BCUT2D eigenvalue weighted by atomic mass is 10.2. The molecule has 1 aliphatic rings. The van der Waals surface area contributed by atoms with Gasteiger partial charge in [0.2, 0.25) is 5.91 Å². The van der Waals surface area contributed by atoms with Crippen molar-refractivity contribution in [3.63, 3.8) is 0 Å². The van der Waals surface area contributed by atoms with Gasteiger partial charge in [-0.1, -0.05) is 6.07 Å². The van der Waals surface area contributed by atoms with Gasteiger partial charge < -0.3 is 15.4 Å². The molecule has 0 saturated carbocycles. The van der Waals surface area contributed by atoms with Crippen molar-refractivity contribution in [1.29, 1.82) is 0 Å². The third-order valence-corrected chi connectivity index (χ3v) is 3.54. The van der Waals surface area contributed by atoms with Gasteiger partial charge in [-0.2, -0.15) is 0 Å². The molecule has 2 atom stereocenters. The van der Waals surface area contributed by atoms with E-state index in [1.54, 1.807) is 0 Å². The molecule has 9 heteroatoms. The quantitative estimate of drug-likeness (QED) is 0.852. The highest BCUT2D eigenvalue weighted by Crippen LogP contribution is 2.12. The van der Waals surface area contributed by atoms with E-state index >= 15 is 0 Å². The Balaban J connectivity index is 0.00000132. The molecular formula is C14H21Cl2N5O2. The summed E-state index contributed by atoms with van der Waals surface area (Å²) < 4.78 is 7.23. The van der Waals surface area contributed by atoms with E-state index in [0.717, 1.165) is 18.0 Å². The number of fused-ring (bicyclic) bond motifs is 1. The summed E-state index contributed by atoms with van der Waals surface area (Å²) >= 11 is 0. The molecule has 0 radical (unpaired) electrons. The number of ether oxygens (including phenoxy) is 1. The fourth-order valence-corrected chi connectivity index (χ4v) is 2.49. The van der Waals surface area contributed by atoms with Crippen LogP contribution in [0.5, 0.6) is 0 Å². The number of nitrogens with zero attached hydrogens (tertiary/aromatic N) is 3. The summed E-state index contributed by atoms with van der Waals surface area (Å²) in [7, 11) is 0. The second kappa shape index (κ2) is 9.02. The van der Waals surface area contributed by atoms with Crippen LogP contribution in [0.1, 0.15) is 25.2 Å². The fourth-order valence-electron chi connectivity index (χ4n) is 2.49. The largest absolute Gasteiger partial charge is 0.378 e. The van der Waals surface area contributed by atoms with Gasteiger partial charge in [-0.25, -0.2) is 0 Å². The van der Waals surface area contributed by atoms with Gasteiger partial charge >= 0.3 is 0 Å². The minimum absolute atomic E-state index is 0.